The molecule has 3 rings (SSSR count). The van der Waals surface area contributed by atoms with Gasteiger partial charge in [0.15, 0.2) is 5.78 Å². The van der Waals surface area contributed by atoms with Gasteiger partial charge in [-0.1, -0.05) is 18.2 Å². The highest BCUT2D eigenvalue weighted by molar-refractivity contribution is 6.03. The normalized spacial score (nSPS) is 16.7. The first kappa shape index (κ1) is 11.5. The van der Waals surface area contributed by atoms with Gasteiger partial charge in [0, 0.05) is 17.3 Å². The molecule has 1 atom stereocenters. The smallest absolute Gasteiger partial charge is 0.352 e. The highest BCUT2D eigenvalue weighted by atomic mass is 16.5. The van der Waals surface area contributed by atoms with Crippen LogP contribution in [0.15, 0.2) is 36.5 Å². The monoisotopic (exact) mass is 257 g/mol. The van der Waals surface area contributed by atoms with Crippen molar-refractivity contribution in [2.75, 3.05) is 6.61 Å². The van der Waals surface area contributed by atoms with Crippen molar-refractivity contribution in [3.05, 3.63) is 53.3 Å². The van der Waals surface area contributed by atoms with Crippen molar-refractivity contribution in [2.24, 2.45) is 0 Å². The van der Waals surface area contributed by atoms with E-state index in [2.05, 4.69) is 4.98 Å². The quantitative estimate of drug-likeness (QED) is 0.825. The van der Waals surface area contributed by atoms with E-state index in [0.717, 1.165) is 11.3 Å². The highest BCUT2D eigenvalue weighted by Gasteiger charge is 2.31. The van der Waals surface area contributed by atoms with Gasteiger partial charge in [-0.05, 0) is 12.1 Å². The van der Waals surface area contributed by atoms with Crippen LogP contribution in [0.1, 0.15) is 32.3 Å². The van der Waals surface area contributed by atoms with Gasteiger partial charge in [0.25, 0.3) is 0 Å². The second-order valence-electron chi connectivity index (χ2n) is 4.37. The minimum atomic E-state index is -1.08. The predicted octanol–water partition coefficient (Wildman–Crippen LogP) is 2.07. The second-order valence-corrected chi connectivity index (χ2v) is 4.37. The van der Waals surface area contributed by atoms with Crippen LogP contribution >= 0.6 is 0 Å². The lowest BCUT2D eigenvalue weighted by Gasteiger charge is -2.05. The van der Waals surface area contributed by atoms with Gasteiger partial charge >= 0.3 is 5.97 Å². The lowest BCUT2D eigenvalue weighted by molar-refractivity contribution is 0.0691. The summed E-state index contributed by atoms with van der Waals surface area (Å²) < 4.78 is 5.46. The van der Waals surface area contributed by atoms with Gasteiger partial charge < -0.3 is 14.8 Å². The molecule has 1 unspecified atom stereocenters. The molecule has 0 bridgehead atoms. The van der Waals surface area contributed by atoms with Gasteiger partial charge in [0.2, 0.25) is 0 Å². The van der Waals surface area contributed by atoms with Crippen molar-refractivity contribution >= 4 is 11.8 Å². The van der Waals surface area contributed by atoms with Crippen LogP contribution in [0.25, 0.3) is 0 Å². The fraction of sp³-hybridized carbons (Fsp3) is 0.143. The van der Waals surface area contributed by atoms with Crippen LogP contribution in [0.4, 0.5) is 0 Å². The van der Waals surface area contributed by atoms with Crippen molar-refractivity contribution in [1.29, 1.82) is 0 Å². The summed E-state index contributed by atoms with van der Waals surface area (Å²) in [4.78, 5) is 25.7. The molecule has 0 saturated heterocycles. The standard InChI is InChI=1S/C14H11NO4/c16-13(8-5-11(14(17)18)15-6-8)10-7-19-12-4-2-1-3-9(10)12/h1-6,10,15H,7H2,(H,17,18). The lowest BCUT2D eigenvalue weighted by Crippen LogP contribution is -2.13. The summed E-state index contributed by atoms with van der Waals surface area (Å²) in [6.07, 6.45) is 1.42. The molecular formula is C14H11NO4. The number of ether oxygens (including phenoxy) is 1. The lowest BCUT2D eigenvalue weighted by atomic mass is 9.93. The van der Waals surface area contributed by atoms with Crippen LogP contribution in [0, 0.1) is 0 Å². The summed E-state index contributed by atoms with van der Waals surface area (Å²) in [5.74, 6) is -0.862. The first-order chi connectivity index (χ1) is 9.16. The molecule has 0 spiro atoms. The Bertz CT molecular complexity index is 659. The number of nitrogens with one attached hydrogen (secondary N) is 1. The number of carbonyl (C=O) groups excluding carboxylic acids is 1. The maximum Gasteiger partial charge on any atom is 0.352 e. The number of aromatic carboxylic acids is 1. The van der Waals surface area contributed by atoms with Crippen molar-refractivity contribution in [1.82, 2.24) is 4.98 Å². The zero-order chi connectivity index (χ0) is 13.4. The van der Waals surface area contributed by atoms with Gasteiger partial charge in [0.05, 0.1) is 5.92 Å². The Hall–Kier alpha value is -2.56. The number of carboxylic acid groups (broad SMARTS) is 1. The maximum atomic E-state index is 12.4. The Morgan fingerprint density at radius 3 is 2.84 bits per heavy atom. The molecule has 0 radical (unpaired) electrons. The number of Topliss-reactive ketones (excluding diaryl/α,β-unsaturated/α-hetero) is 1. The number of hydrogen-bond acceptors (Lipinski definition) is 3. The molecule has 2 N–H and O–H groups in total. The third kappa shape index (κ3) is 1.89. The topological polar surface area (TPSA) is 79.4 Å². The Kier molecular flexibility index (Phi) is 2.59. The number of H-pyrrole nitrogens is 1. The van der Waals surface area contributed by atoms with Gasteiger partial charge in [-0.2, -0.15) is 0 Å². The molecule has 19 heavy (non-hydrogen) atoms. The molecule has 0 aliphatic carbocycles. The Morgan fingerprint density at radius 1 is 1.32 bits per heavy atom. The van der Waals surface area contributed by atoms with Crippen molar-refractivity contribution in [3.8, 4) is 5.75 Å². The molecule has 0 fully saturated rings. The molecule has 1 aliphatic rings. The van der Waals surface area contributed by atoms with Crippen LogP contribution in [0.2, 0.25) is 0 Å². The number of aromatic amines is 1. The molecule has 5 heteroatoms. The Labute approximate surface area is 108 Å². The molecule has 1 aromatic carbocycles. The number of hydrogen-bond donors (Lipinski definition) is 2. The maximum absolute atomic E-state index is 12.4. The van der Waals surface area contributed by atoms with Gasteiger partial charge in [0.1, 0.15) is 18.1 Å². The van der Waals surface area contributed by atoms with E-state index in [1.54, 1.807) is 0 Å². The molecule has 2 heterocycles. The SMILES string of the molecule is O=C(O)c1cc(C(=O)C2COc3ccccc32)c[nH]1. The zero-order valence-electron chi connectivity index (χ0n) is 9.92. The minimum Gasteiger partial charge on any atom is -0.492 e. The number of rotatable bonds is 3. The molecule has 0 amide bonds. The third-order valence-electron chi connectivity index (χ3n) is 3.21. The number of ketones is 1. The molecule has 0 saturated carbocycles. The van der Waals surface area contributed by atoms with Crippen LogP contribution in [-0.4, -0.2) is 28.4 Å². The largest absolute Gasteiger partial charge is 0.492 e. The fourth-order valence-corrected chi connectivity index (χ4v) is 2.24. The predicted molar refractivity (Wildman–Crippen MR) is 66.8 cm³/mol. The number of aromatic nitrogens is 1. The summed E-state index contributed by atoms with van der Waals surface area (Å²) in [6.45, 7) is 0.297. The number of carbonyl (C=O) groups is 2. The molecule has 2 aromatic rings. The van der Waals surface area contributed by atoms with Crippen molar-refractivity contribution in [2.45, 2.75) is 5.92 Å². The fourth-order valence-electron chi connectivity index (χ4n) is 2.24. The first-order valence-corrected chi connectivity index (χ1v) is 5.84. The van der Waals surface area contributed by atoms with E-state index in [0.29, 0.717) is 12.2 Å². The molecule has 5 nitrogen and oxygen atoms in total. The zero-order valence-corrected chi connectivity index (χ0v) is 9.92. The molecule has 1 aromatic heterocycles. The average Bonchev–Trinajstić information content (AvgIpc) is 3.05. The van der Waals surface area contributed by atoms with Gasteiger partial charge in [-0.25, -0.2) is 4.79 Å². The number of carboxylic acids is 1. The minimum absolute atomic E-state index is 0.00977. The second kappa shape index (κ2) is 4.28. The van der Waals surface area contributed by atoms with Crippen LogP contribution in [0.3, 0.4) is 0 Å². The number of benzene rings is 1. The summed E-state index contributed by atoms with van der Waals surface area (Å²) >= 11 is 0. The van der Waals surface area contributed by atoms with E-state index in [1.165, 1.54) is 12.3 Å². The average molecular weight is 257 g/mol. The number of para-hydroxylation sites is 1. The Balaban J connectivity index is 1.91. The molecular weight excluding hydrogens is 246 g/mol. The van der Waals surface area contributed by atoms with E-state index in [9.17, 15) is 9.59 Å². The van der Waals surface area contributed by atoms with E-state index in [1.807, 2.05) is 24.3 Å². The van der Waals surface area contributed by atoms with E-state index in [4.69, 9.17) is 9.84 Å². The Morgan fingerprint density at radius 2 is 2.11 bits per heavy atom. The summed E-state index contributed by atoms with van der Waals surface area (Å²) in [7, 11) is 0. The summed E-state index contributed by atoms with van der Waals surface area (Å²) in [6, 6.07) is 8.74. The van der Waals surface area contributed by atoms with Gasteiger partial charge in [-0.15, -0.1) is 0 Å². The van der Waals surface area contributed by atoms with E-state index < -0.39 is 5.97 Å². The molecule has 96 valence electrons. The van der Waals surface area contributed by atoms with Gasteiger partial charge in [-0.3, -0.25) is 4.79 Å². The van der Waals surface area contributed by atoms with Crippen LogP contribution < -0.4 is 4.74 Å². The van der Waals surface area contributed by atoms with E-state index >= 15 is 0 Å². The number of fused-ring (bicyclic) bond motifs is 1. The van der Waals surface area contributed by atoms with Crippen LogP contribution in [-0.2, 0) is 0 Å². The summed E-state index contributed by atoms with van der Waals surface area (Å²) in [5, 5.41) is 8.84. The third-order valence-corrected chi connectivity index (χ3v) is 3.21. The van der Waals surface area contributed by atoms with Crippen LogP contribution in [0.5, 0.6) is 5.75 Å². The summed E-state index contributed by atoms with van der Waals surface area (Å²) in [5.41, 5.74) is 1.23. The van der Waals surface area contributed by atoms with Crippen molar-refractivity contribution < 1.29 is 19.4 Å². The molecule has 1 aliphatic heterocycles. The first-order valence-electron chi connectivity index (χ1n) is 5.84. The highest BCUT2D eigenvalue weighted by Crippen LogP contribution is 2.35. The van der Waals surface area contributed by atoms with E-state index in [-0.39, 0.29) is 17.4 Å². The van der Waals surface area contributed by atoms with Crippen molar-refractivity contribution in [3.63, 3.8) is 0 Å².